The van der Waals surface area contributed by atoms with Crippen LogP contribution in [0.25, 0.3) is 31.9 Å². The largest absolute Gasteiger partial charge is 0.478 e. The molecule has 0 saturated carbocycles. The lowest BCUT2D eigenvalue weighted by atomic mass is 9.89. The van der Waals surface area contributed by atoms with Gasteiger partial charge in [0.15, 0.2) is 4.34 Å². The molecule has 1 amide bonds. The van der Waals surface area contributed by atoms with Crippen LogP contribution in [0, 0.1) is 0 Å². The van der Waals surface area contributed by atoms with E-state index in [1.165, 1.54) is 0 Å². The number of carbonyl (C=O) groups excluding carboxylic acids is 1. The fourth-order valence-electron chi connectivity index (χ4n) is 6.42. The molecular formula is C39H31ClN4O2S2. The molecule has 1 aliphatic heterocycles. The Morgan fingerprint density at radius 3 is 2.35 bits per heavy atom. The van der Waals surface area contributed by atoms with Crippen LogP contribution >= 0.6 is 34.7 Å². The average molecular weight is 687 g/mol. The molecule has 0 aliphatic carbocycles. The smallest absolute Gasteiger partial charge is 0.271 e. The maximum atomic E-state index is 14.1. The predicted molar refractivity (Wildman–Crippen MR) is 199 cm³/mol. The number of pyridine rings is 1. The third-order valence-corrected chi connectivity index (χ3v) is 11.2. The zero-order valence-electron chi connectivity index (χ0n) is 26.3. The Kier molecular flexibility index (Phi) is 8.16. The van der Waals surface area contributed by atoms with Gasteiger partial charge in [0.1, 0.15) is 16.8 Å². The van der Waals surface area contributed by atoms with E-state index in [2.05, 4.69) is 67.3 Å². The Morgan fingerprint density at radius 1 is 0.854 bits per heavy atom. The molecule has 0 spiro atoms. The molecule has 238 valence electrons. The summed E-state index contributed by atoms with van der Waals surface area (Å²) in [5.41, 5.74) is 4.71. The number of rotatable bonds is 9. The van der Waals surface area contributed by atoms with E-state index in [-0.39, 0.29) is 5.91 Å². The Labute approximate surface area is 291 Å². The number of hydrogen-bond donors (Lipinski definition) is 0. The summed E-state index contributed by atoms with van der Waals surface area (Å²) in [5, 5.41) is 4.60. The van der Waals surface area contributed by atoms with E-state index in [4.69, 9.17) is 26.3 Å². The van der Waals surface area contributed by atoms with Gasteiger partial charge in [0, 0.05) is 45.8 Å². The molecule has 2 atom stereocenters. The maximum Gasteiger partial charge on any atom is 0.271 e. The zero-order valence-corrected chi connectivity index (χ0v) is 28.7. The molecule has 0 radical (unpaired) electrons. The fourth-order valence-corrected chi connectivity index (χ4v) is 8.66. The number of ether oxygens (including phenoxy) is 1. The molecule has 2 unspecified atom stereocenters. The van der Waals surface area contributed by atoms with E-state index >= 15 is 0 Å². The van der Waals surface area contributed by atoms with Gasteiger partial charge in [0.2, 0.25) is 6.10 Å². The fraction of sp³-hybridized carbons (Fsp3) is 0.154. The molecule has 1 aliphatic rings. The quantitative estimate of drug-likeness (QED) is 0.111. The van der Waals surface area contributed by atoms with Crippen LogP contribution in [0.3, 0.4) is 0 Å². The lowest BCUT2D eigenvalue weighted by molar-refractivity contribution is -0.135. The number of benzene rings is 5. The van der Waals surface area contributed by atoms with Crippen molar-refractivity contribution in [3.63, 3.8) is 0 Å². The molecule has 1 fully saturated rings. The van der Waals surface area contributed by atoms with Crippen LogP contribution in [0.2, 0.25) is 5.02 Å². The van der Waals surface area contributed by atoms with Crippen molar-refractivity contribution in [1.29, 1.82) is 0 Å². The molecule has 5 aromatic carbocycles. The second-order valence-corrected chi connectivity index (χ2v) is 14.3. The molecule has 48 heavy (non-hydrogen) atoms. The van der Waals surface area contributed by atoms with E-state index < -0.39 is 12.1 Å². The minimum Gasteiger partial charge on any atom is -0.478 e. The molecule has 0 bridgehead atoms. The Balaban J connectivity index is 1.28. The van der Waals surface area contributed by atoms with Crippen LogP contribution in [-0.2, 0) is 4.79 Å². The van der Waals surface area contributed by atoms with Crippen LogP contribution in [0.1, 0.15) is 25.5 Å². The number of carbonyl (C=O) groups is 1. The first-order valence-electron chi connectivity index (χ1n) is 16.0. The van der Waals surface area contributed by atoms with Crippen LogP contribution in [0.5, 0.6) is 5.75 Å². The number of β-lactam (4-membered cyclic amide) rings is 1. The van der Waals surface area contributed by atoms with Gasteiger partial charge < -0.3 is 9.64 Å². The third kappa shape index (κ3) is 5.53. The summed E-state index contributed by atoms with van der Waals surface area (Å²) in [6, 6.07) is 37.8. The van der Waals surface area contributed by atoms with Gasteiger partial charge in [-0.2, -0.15) is 0 Å². The highest BCUT2D eigenvalue weighted by atomic mass is 35.5. The number of fused-ring (bicyclic) bond motifs is 4. The van der Waals surface area contributed by atoms with Crippen molar-refractivity contribution in [2.24, 2.45) is 0 Å². The monoisotopic (exact) mass is 686 g/mol. The number of para-hydroxylation sites is 1. The van der Waals surface area contributed by atoms with Gasteiger partial charge in [0.25, 0.3) is 5.91 Å². The van der Waals surface area contributed by atoms with E-state index in [0.717, 1.165) is 71.3 Å². The summed E-state index contributed by atoms with van der Waals surface area (Å²) in [7, 11) is 0. The molecule has 1 saturated heterocycles. The summed E-state index contributed by atoms with van der Waals surface area (Å²) < 4.78 is 8.47. The van der Waals surface area contributed by atoms with Crippen molar-refractivity contribution in [2.75, 3.05) is 22.9 Å². The number of amides is 1. The van der Waals surface area contributed by atoms with Crippen molar-refractivity contribution in [1.82, 2.24) is 9.97 Å². The van der Waals surface area contributed by atoms with Crippen LogP contribution < -0.4 is 14.5 Å². The van der Waals surface area contributed by atoms with Gasteiger partial charge >= 0.3 is 0 Å². The van der Waals surface area contributed by atoms with Crippen molar-refractivity contribution >= 4 is 83.9 Å². The average Bonchev–Trinajstić information content (AvgIpc) is 3.53. The van der Waals surface area contributed by atoms with Crippen LogP contribution in [0.4, 0.5) is 11.4 Å². The number of thiazole rings is 1. The molecule has 6 nitrogen and oxygen atoms in total. The van der Waals surface area contributed by atoms with Gasteiger partial charge in [0.05, 0.1) is 15.7 Å². The molecule has 9 heteroatoms. The molecule has 8 rings (SSSR count). The second-order valence-electron chi connectivity index (χ2n) is 11.6. The molecule has 3 heterocycles. The molecular weight excluding hydrogens is 656 g/mol. The zero-order chi connectivity index (χ0) is 32.8. The number of hydrogen-bond acceptors (Lipinski definition) is 7. The van der Waals surface area contributed by atoms with Crippen LogP contribution in [-0.4, -0.2) is 35.1 Å². The number of nitrogens with zero attached hydrogens (tertiary/aromatic N) is 4. The van der Waals surface area contributed by atoms with E-state index in [0.29, 0.717) is 10.8 Å². The minimum absolute atomic E-state index is 0.111. The highest BCUT2D eigenvalue weighted by molar-refractivity contribution is 8.01. The van der Waals surface area contributed by atoms with E-state index in [1.807, 2.05) is 47.4 Å². The van der Waals surface area contributed by atoms with Crippen molar-refractivity contribution in [2.45, 2.75) is 35.4 Å². The molecule has 2 aromatic heterocycles. The van der Waals surface area contributed by atoms with Crippen molar-refractivity contribution in [3.8, 4) is 5.75 Å². The summed E-state index contributed by atoms with van der Waals surface area (Å²) >= 11 is 9.36. The van der Waals surface area contributed by atoms with Crippen LogP contribution in [0.15, 0.2) is 125 Å². The first kappa shape index (κ1) is 30.7. The SMILES string of the molecule is CCN(CC)c1ccc(N2C(=O)C(Oc3ccc(Cl)cc3)C2c2cc3ccc4ccccc4c3nc2Sc2nc3ccccc3s2)cc1. The third-order valence-electron chi connectivity index (χ3n) is 8.86. The van der Waals surface area contributed by atoms with Gasteiger partial charge in [-0.25, -0.2) is 9.97 Å². The van der Waals surface area contributed by atoms with Crippen molar-refractivity contribution < 1.29 is 9.53 Å². The molecule has 0 N–H and O–H groups in total. The maximum absolute atomic E-state index is 14.1. The first-order chi connectivity index (χ1) is 23.5. The highest BCUT2D eigenvalue weighted by Crippen LogP contribution is 2.47. The lowest BCUT2D eigenvalue weighted by Gasteiger charge is -2.47. The topological polar surface area (TPSA) is 58.6 Å². The second kappa shape index (κ2) is 12.8. The standard InChI is InChI=1S/C39H31ClN4O2S2/c1-3-43(4-2)27-17-19-28(20-18-27)44-35(36(38(44)45)46-29-21-15-26(40)16-22-29)31-23-25-14-13-24-9-5-6-10-30(24)34(25)42-37(31)48-39-41-32-11-7-8-12-33(32)47-39/h5-23,35-36H,3-4H2,1-2H3. The number of aromatic nitrogens is 2. The van der Waals surface area contributed by atoms with Crippen molar-refractivity contribution in [3.05, 3.63) is 126 Å². The summed E-state index contributed by atoms with van der Waals surface area (Å²) in [4.78, 5) is 28.5. The normalized spacial score (nSPS) is 16.1. The number of halogens is 1. The lowest BCUT2D eigenvalue weighted by Crippen LogP contribution is -2.61. The Morgan fingerprint density at radius 2 is 1.58 bits per heavy atom. The van der Waals surface area contributed by atoms with Gasteiger partial charge in [-0.05, 0) is 97.7 Å². The van der Waals surface area contributed by atoms with E-state index in [1.54, 1.807) is 47.4 Å². The summed E-state index contributed by atoms with van der Waals surface area (Å²) in [5.74, 6) is 0.472. The number of anilines is 2. The predicted octanol–water partition coefficient (Wildman–Crippen LogP) is 10.2. The van der Waals surface area contributed by atoms with Gasteiger partial charge in [-0.15, -0.1) is 11.3 Å². The van der Waals surface area contributed by atoms with Gasteiger partial charge in [-0.1, -0.05) is 60.1 Å². The minimum atomic E-state index is -0.761. The highest BCUT2D eigenvalue weighted by Gasteiger charge is 2.52. The van der Waals surface area contributed by atoms with E-state index in [9.17, 15) is 4.79 Å². The Hall–Kier alpha value is -4.63. The summed E-state index contributed by atoms with van der Waals surface area (Å²) in [6.07, 6.45) is -0.761. The molecule has 7 aromatic rings. The summed E-state index contributed by atoms with van der Waals surface area (Å²) in [6.45, 7) is 6.10. The first-order valence-corrected chi connectivity index (χ1v) is 18.0. The van der Waals surface area contributed by atoms with Gasteiger partial charge in [-0.3, -0.25) is 9.69 Å². The Bertz CT molecular complexity index is 2250.